The summed E-state index contributed by atoms with van der Waals surface area (Å²) >= 11 is 1.40. The first-order chi connectivity index (χ1) is 11.6. The standard InChI is InChI=1S/C18H18N2O3S/c1-3-15(13-7-5-4-6-8-13)17(22)23-10-14-9-16(21)20-12(2)11-24-18(20)19-14/h4-9,11,15H,3,10H2,1-2H3. The fourth-order valence-corrected chi connectivity index (χ4v) is 3.54. The minimum absolute atomic E-state index is 0.00482. The third kappa shape index (κ3) is 3.23. The number of ether oxygens (including phenoxy) is 1. The molecule has 24 heavy (non-hydrogen) atoms. The maximum absolute atomic E-state index is 12.4. The predicted molar refractivity (Wildman–Crippen MR) is 93.3 cm³/mol. The Hall–Kier alpha value is -2.47. The average molecular weight is 342 g/mol. The summed E-state index contributed by atoms with van der Waals surface area (Å²) < 4.78 is 6.95. The van der Waals surface area contributed by atoms with E-state index in [2.05, 4.69) is 4.98 Å². The van der Waals surface area contributed by atoms with Crippen molar-refractivity contribution in [3.05, 3.63) is 69.1 Å². The molecular formula is C18H18N2O3S. The molecule has 3 aromatic rings. The Morgan fingerprint density at radius 2 is 2.08 bits per heavy atom. The van der Waals surface area contributed by atoms with Crippen molar-refractivity contribution in [2.45, 2.75) is 32.8 Å². The molecule has 0 aliphatic carbocycles. The maximum atomic E-state index is 12.4. The molecule has 3 rings (SSSR count). The number of hydrogen-bond acceptors (Lipinski definition) is 5. The van der Waals surface area contributed by atoms with Gasteiger partial charge in [-0.05, 0) is 18.9 Å². The number of thiazole rings is 1. The fourth-order valence-electron chi connectivity index (χ4n) is 2.64. The number of rotatable bonds is 5. The molecule has 1 aromatic carbocycles. The van der Waals surface area contributed by atoms with Gasteiger partial charge in [0.15, 0.2) is 4.96 Å². The number of hydrogen-bond donors (Lipinski definition) is 0. The Bertz CT molecular complexity index is 915. The number of carbonyl (C=O) groups excluding carboxylic acids is 1. The van der Waals surface area contributed by atoms with Gasteiger partial charge in [0.2, 0.25) is 0 Å². The van der Waals surface area contributed by atoms with Gasteiger partial charge in [-0.15, -0.1) is 11.3 Å². The lowest BCUT2D eigenvalue weighted by Crippen LogP contribution is -2.18. The Kier molecular flexibility index (Phi) is 4.76. The van der Waals surface area contributed by atoms with E-state index < -0.39 is 0 Å². The van der Waals surface area contributed by atoms with E-state index in [4.69, 9.17) is 4.74 Å². The minimum Gasteiger partial charge on any atom is -0.459 e. The molecule has 1 atom stereocenters. The van der Waals surface area contributed by atoms with Crippen LogP contribution in [0.3, 0.4) is 0 Å². The van der Waals surface area contributed by atoms with Crippen molar-refractivity contribution >= 4 is 22.3 Å². The van der Waals surface area contributed by atoms with Gasteiger partial charge in [-0.25, -0.2) is 4.98 Å². The molecule has 2 heterocycles. The van der Waals surface area contributed by atoms with E-state index >= 15 is 0 Å². The highest BCUT2D eigenvalue weighted by Gasteiger charge is 2.20. The molecule has 124 valence electrons. The Morgan fingerprint density at radius 1 is 1.33 bits per heavy atom. The third-order valence-electron chi connectivity index (χ3n) is 3.89. The summed E-state index contributed by atoms with van der Waals surface area (Å²) in [6, 6.07) is 11.0. The summed E-state index contributed by atoms with van der Waals surface area (Å²) in [6.07, 6.45) is 0.655. The van der Waals surface area contributed by atoms with E-state index in [0.717, 1.165) is 11.3 Å². The van der Waals surface area contributed by atoms with Gasteiger partial charge in [-0.3, -0.25) is 14.0 Å². The minimum atomic E-state index is -0.306. The van der Waals surface area contributed by atoms with Crippen LogP contribution in [-0.4, -0.2) is 15.4 Å². The van der Waals surface area contributed by atoms with Crippen LogP contribution in [0.4, 0.5) is 0 Å². The number of benzene rings is 1. The highest BCUT2D eigenvalue weighted by Crippen LogP contribution is 2.21. The summed E-state index contributed by atoms with van der Waals surface area (Å²) in [5, 5.41) is 1.88. The molecule has 0 fully saturated rings. The van der Waals surface area contributed by atoms with Crippen molar-refractivity contribution in [2.24, 2.45) is 0 Å². The van der Waals surface area contributed by atoms with E-state index in [1.54, 1.807) is 4.40 Å². The van der Waals surface area contributed by atoms with Crippen LogP contribution >= 0.6 is 11.3 Å². The third-order valence-corrected chi connectivity index (χ3v) is 4.83. The van der Waals surface area contributed by atoms with Crippen molar-refractivity contribution in [1.29, 1.82) is 0 Å². The van der Waals surface area contributed by atoms with Gasteiger partial charge < -0.3 is 4.74 Å². The molecule has 0 N–H and O–H groups in total. The molecule has 0 aliphatic heterocycles. The first-order valence-corrected chi connectivity index (χ1v) is 8.66. The SMILES string of the molecule is CCC(C(=O)OCc1cc(=O)n2c(C)csc2n1)c1ccccc1. The van der Waals surface area contributed by atoms with Crippen molar-refractivity contribution in [3.8, 4) is 0 Å². The number of nitrogens with zero attached hydrogens (tertiary/aromatic N) is 2. The second-order valence-corrected chi connectivity index (χ2v) is 6.40. The van der Waals surface area contributed by atoms with E-state index in [-0.39, 0.29) is 24.1 Å². The van der Waals surface area contributed by atoms with Gasteiger partial charge >= 0.3 is 5.97 Å². The van der Waals surface area contributed by atoms with Gasteiger partial charge in [0.25, 0.3) is 5.56 Å². The van der Waals surface area contributed by atoms with Crippen LogP contribution in [0.15, 0.2) is 46.6 Å². The summed E-state index contributed by atoms with van der Waals surface area (Å²) in [5.74, 6) is -0.604. The molecule has 2 aromatic heterocycles. The number of aromatic nitrogens is 2. The Labute approximate surface area is 143 Å². The van der Waals surface area contributed by atoms with Crippen LogP contribution in [0.1, 0.15) is 36.2 Å². The van der Waals surface area contributed by atoms with Gasteiger partial charge in [-0.2, -0.15) is 0 Å². The summed E-state index contributed by atoms with van der Waals surface area (Å²) in [5.41, 5.74) is 2.10. The van der Waals surface area contributed by atoms with Gasteiger partial charge in [-0.1, -0.05) is 37.3 Å². The molecule has 0 radical (unpaired) electrons. The molecule has 0 bridgehead atoms. The molecule has 6 heteroatoms. The first-order valence-electron chi connectivity index (χ1n) is 7.78. The number of carbonyl (C=O) groups is 1. The van der Waals surface area contributed by atoms with Crippen LogP contribution in [-0.2, 0) is 16.1 Å². The largest absolute Gasteiger partial charge is 0.459 e. The smallest absolute Gasteiger partial charge is 0.313 e. The number of aryl methyl sites for hydroxylation is 1. The van der Waals surface area contributed by atoms with E-state index in [9.17, 15) is 9.59 Å². The Balaban J connectivity index is 1.75. The molecule has 1 unspecified atom stereocenters. The zero-order valence-corrected chi connectivity index (χ0v) is 14.4. The lowest BCUT2D eigenvalue weighted by atomic mass is 9.97. The lowest BCUT2D eigenvalue weighted by molar-refractivity contribution is -0.147. The second kappa shape index (κ2) is 6.97. The maximum Gasteiger partial charge on any atom is 0.313 e. The van der Waals surface area contributed by atoms with Crippen LogP contribution in [0, 0.1) is 6.92 Å². The molecule has 0 amide bonds. The summed E-state index contributed by atoms with van der Waals surface area (Å²) in [4.78, 5) is 29.5. The predicted octanol–water partition coefficient (Wildman–Crippen LogP) is 3.30. The number of fused-ring (bicyclic) bond motifs is 1. The molecule has 0 saturated heterocycles. The molecule has 0 saturated carbocycles. The first kappa shape index (κ1) is 16.4. The van der Waals surface area contributed by atoms with Crippen LogP contribution < -0.4 is 5.56 Å². The topological polar surface area (TPSA) is 60.7 Å². The summed E-state index contributed by atoms with van der Waals surface area (Å²) in [6.45, 7) is 3.81. The van der Waals surface area contributed by atoms with Gasteiger partial charge in [0, 0.05) is 17.1 Å². The van der Waals surface area contributed by atoms with Gasteiger partial charge in [0.1, 0.15) is 6.61 Å². The highest BCUT2D eigenvalue weighted by atomic mass is 32.1. The van der Waals surface area contributed by atoms with Crippen LogP contribution in [0.25, 0.3) is 4.96 Å². The zero-order chi connectivity index (χ0) is 17.1. The quantitative estimate of drug-likeness (QED) is 0.668. The van der Waals surface area contributed by atoms with E-state index in [0.29, 0.717) is 17.1 Å². The monoisotopic (exact) mass is 342 g/mol. The van der Waals surface area contributed by atoms with Crippen molar-refractivity contribution in [2.75, 3.05) is 0 Å². The van der Waals surface area contributed by atoms with Crippen molar-refractivity contribution in [3.63, 3.8) is 0 Å². The van der Waals surface area contributed by atoms with Crippen LogP contribution in [0.5, 0.6) is 0 Å². The van der Waals surface area contributed by atoms with E-state index in [1.807, 2.05) is 49.6 Å². The molecule has 5 nitrogen and oxygen atoms in total. The second-order valence-electron chi connectivity index (χ2n) is 5.56. The van der Waals surface area contributed by atoms with Crippen molar-refractivity contribution in [1.82, 2.24) is 9.38 Å². The Morgan fingerprint density at radius 3 is 2.79 bits per heavy atom. The normalized spacial score (nSPS) is 12.2. The summed E-state index contributed by atoms with van der Waals surface area (Å²) in [7, 11) is 0. The average Bonchev–Trinajstić information content (AvgIpc) is 2.96. The molecule has 0 spiro atoms. The molecule has 0 aliphatic rings. The molecular weight excluding hydrogens is 324 g/mol. The van der Waals surface area contributed by atoms with Crippen molar-refractivity contribution < 1.29 is 9.53 Å². The highest BCUT2D eigenvalue weighted by molar-refractivity contribution is 7.15. The number of esters is 1. The van der Waals surface area contributed by atoms with Crippen LogP contribution in [0.2, 0.25) is 0 Å². The zero-order valence-electron chi connectivity index (χ0n) is 13.6. The van der Waals surface area contributed by atoms with E-state index in [1.165, 1.54) is 17.4 Å². The fraction of sp³-hybridized carbons (Fsp3) is 0.278. The van der Waals surface area contributed by atoms with Gasteiger partial charge in [0.05, 0.1) is 11.6 Å². The lowest BCUT2D eigenvalue weighted by Gasteiger charge is -2.14.